The van der Waals surface area contributed by atoms with Gasteiger partial charge in [0.05, 0.1) is 30.6 Å². The summed E-state index contributed by atoms with van der Waals surface area (Å²) < 4.78 is 5.29. The number of carboxylic acid groups (broad SMARTS) is 1. The van der Waals surface area contributed by atoms with Gasteiger partial charge in [0, 0.05) is 55.8 Å². The molecular weight excluding hydrogens is 490 g/mol. The van der Waals surface area contributed by atoms with Gasteiger partial charge >= 0.3 is 12.0 Å². The van der Waals surface area contributed by atoms with Gasteiger partial charge in [-0.15, -0.1) is 11.3 Å². The number of nitro groups is 1. The number of aliphatic carboxylic acids is 1. The summed E-state index contributed by atoms with van der Waals surface area (Å²) in [4.78, 5) is 54.2. The van der Waals surface area contributed by atoms with Crippen molar-refractivity contribution in [3.05, 3.63) is 56.3 Å². The fourth-order valence-electron chi connectivity index (χ4n) is 4.30. The monoisotopic (exact) mass is 517 g/mol. The zero-order valence-corrected chi connectivity index (χ0v) is 20.3. The molecule has 2 fully saturated rings. The van der Waals surface area contributed by atoms with E-state index in [0.717, 1.165) is 0 Å². The van der Waals surface area contributed by atoms with Gasteiger partial charge in [-0.05, 0) is 23.6 Å². The molecule has 4 rings (SSSR count). The molecule has 2 aliphatic heterocycles. The first-order valence-corrected chi connectivity index (χ1v) is 12.4. The number of rotatable bonds is 7. The van der Waals surface area contributed by atoms with Crippen LogP contribution in [0.4, 0.5) is 16.2 Å². The molecule has 0 saturated carbocycles. The molecule has 192 valence electrons. The topological polar surface area (TPSA) is 146 Å². The van der Waals surface area contributed by atoms with Crippen molar-refractivity contribution < 1.29 is 29.2 Å². The standard InChI is InChI=1S/C23H27N5O7S/c29-21(30)15-17(20-2-1-13-36-20)24-22(31)16-3-4-18(19(14-16)28(33)34)25-5-7-26(8-6-25)23(32)27-9-11-35-12-10-27/h1-4,13-14,17H,5-12,15H2,(H,24,31)(H,29,30). The van der Waals surface area contributed by atoms with Gasteiger partial charge in [-0.1, -0.05) is 6.07 Å². The summed E-state index contributed by atoms with van der Waals surface area (Å²) in [6.45, 7) is 3.82. The second kappa shape index (κ2) is 11.4. The number of nitrogens with one attached hydrogen (secondary N) is 1. The van der Waals surface area contributed by atoms with Crippen LogP contribution in [-0.2, 0) is 9.53 Å². The Morgan fingerprint density at radius 1 is 1.08 bits per heavy atom. The van der Waals surface area contributed by atoms with Crippen molar-refractivity contribution >= 4 is 40.6 Å². The fourth-order valence-corrected chi connectivity index (χ4v) is 5.08. The van der Waals surface area contributed by atoms with E-state index in [1.54, 1.807) is 27.3 Å². The molecule has 2 saturated heterocycles. The highest BCUT2D eigenvalue weighted by Crippen LogP contribution is 2.31. The number of carbonyl (C=O) groups is 3. The zero-order valence-electron chi connectivity index (χ0n) is 19.5. The molecule has 0 radical (unpaired) electrons. The third kappa shape index (κ3) is 5.91. The van der Waals surface area contributed by atoms with Gasteiger partial charge in [-0.25, -0.2) is 4.79 Å². The molecule has 2 aromatic rings. The van der Waals surface area contributed by atoms with Crippen molar-refractivity contribution in [1.82, 2.24) is 15.1 Å². The molecule has 0 bridgehead atoms. The third-order valence-corrected chi connectivity index (χ3v) is 7.16. The van der Waals surface area contributed by atoms with Crippen molar-refractivity contribution in [1.29, 1.82) is 0 Å². The molecule has 0 spiro atoms. The van der Waals surface area contributed by atoms with Crippen LogP contribution in [0.3, 0.4) is 0 Å². The van der Waals surface area contributed by atoms with Gasteiger partial charge in [0.1, 0.15) is 5.69 Å². The van der Waals surface area contributed by atoms with Crippen LogP contribution in [0.15, 0.2) is 35.7 Å². The quantitative estimate of drug-likeness (QED) is 0.420. The van der Waals surface area contributed by atoms with Crippen LogP contribution in [-0.4, -0.2) is 90.2 Å². The lowest BCUT2D eigenvalue weighted by Gasteiger charge is -2.39. The number of urea groups is 1. The van der Waals surface area contributed by atoms with Gasteiger partial charge < -0.3 is 29.9 Å². The molecule has 0 aliphatic carbocycles. The molecule has 12 nitrogen and oxygen atoms in total. The highest BCUT2D eigenvalue weighted by molar-refractivity contribution is 7.10. The number of thiophene rings is 1. The van der Waals surface area contributed by atoms with E-state index >= 15 is 0 Å². The molecule has 3 amide bonds. The fraction of sp³-hybridized carbons (Fsp3) is 0.435. The highest BCUT2D eigenvalue weighted by atomic mass is 32.1. The molecule has 2 N–H and O–H groups in total. The molecule has 1 unspecified atom stereocenters. The average Bonchev–Trinajstić information content (AvgIpc) is 3.43. The number of hydrogen-bond donors (Lipinski definition) is 2. The van der Waals surface area contributed by atoms with E-state index in [-0.39, 0.29) is 23.7 Å². The number of ether oxygens (including phenoxy) is 1. The highest BCUT2D eigenvalue weighted by Gasteiger charge is 2.30. The van der Waals surface area contributed by atoms with Gasteiger partial charge in [-0.2, -0.15) is 0 Å². The lowest BCUT2D eigenvalue weighted by Crippen LogP contribution is -2.54. The average molecular weight is 518 g/mol. The first-order chi connectivity index (χ1) is 17.3. The van der Waals surface area contributed by atoms with Crippen LogP contribution >= 0.6 is 11.3 Å². The molecular formula is C23H27N5O7S. The van der Waals surface area contributed by atoms with Gasteiger partial charge in [-0.3, -0.25) is 19.7 Å². The van der Waals surface area contributed by atoms with Crippen LogP contribution in [0, 0.1) is 10.1 Å². The van der Waals surface area contributed by atoms with Gasteiger partial charge in [0.25, 0.3) is 11.6 Å². The number of benzene rings is 1. The Morgan fingerprint density at radius 3 is 2.39 bits per heavy atom. The first-order valence-electron chi connectivity index (χ1n) is 11.5. The lowest BCUT2D eigenvalue weighted by atomic mass is 10.1. The van der Waals surface area contributed by atoms with E-state index in [1.807, 2.05) is 4.90 Å². The Balaban J connectivity index is 1.44. The van der Waals surface area contributed by atoms with Crippen LogP contribution in [0.25, 0.3) is 0 Å². The maximum absolute atomic E-state index is 12.9. The SMILES string of the molecule is O=C(O)CC(NC(=O)c1ccc(N2CCN(C(=O)N3CCOCC3)CC2)c([N+](=O)[O-])c1)c1cccs1. The number of carboxylic acids is 1. The summed E-state index contributed by atoms with van der Waals surface area (Å²) in [7, 11) is 0. The van der Waals surface area contributed by atoms with Gasteiger partial charge in [0.15, 0.2) is 0 Å². The number of morpholine rings is 1. The number of nitro benzene ring substituents is 1. The summed E-state index contributed by atoms with van der Waals surface area (Å²) in [5.74, 6) is -1.66. The minimum Gasteiger partial charge on any atom is -0.481 e. The number of carbonyl (C=O) groups excluding carboxylic acids is 2. The molecule has 13 heteroatoms. The first kappa shape index (κ1) is 25.4. The largest absolute Gasteiger partial charge is 0.481 e. The number of hydrogen-bond acceptors (Lipinski definition) is 8. The van der Waals surface area contributed by atoms with Crippen LogP contribution in [0.2, 0.25) is 0 Å². The summed E-state index contributed by atoms with van der Waals surface area (Å²) in [6.07, 6.45) is -0.306. The smallest absolute Gasteiger partial charge is 0.320 e. The number of piperazine rings is 1. The third-order valence-electron chi connectivity index (χ3n) is 6.18. The van der Waals surface area contributed by atoms with E-state index in [9.17, 15) is 29.6 Å². The van der Waals surface area contributed by atoms with Crippen molar-refractivity contribution in [3.63, 3.8) is 0 Å². The van der Waals surface area contributed by atoms with E-state index < -0.39 is 22.8 Å². The van der Waals surface area contributed by atoms with E-state index in [1.165, 1.54) is 29.5 Å². The predicted molar refractivity (Wildman–Crippen MR) is 131 cm³/mol. The number of nitrogens with zero attached hydrogens (tertiary/aromatic N) is 4. The molecule has 3 heterocycles. The summed E-state index contributed by atoms with van der Waals surface area (Å²) >= 11 is 1.32. The Morgan fingerprint density at radius 2 is 1.78 bits per heavy atom. The lowest BCUT2D eigenvalue weighted by molar-refractivity contribution is -0.384. The normalized spacial score (nSPS) is 16.9. The van der Waals surface area contributed by atoms with E-state index in [0.29, 0.717) is 63.0 Å². The summed E-state index contributed by atoms with van der Waals surface area (Å²) in [6, 6.07) is 6.93. The molecule has 1 atom stereocenters. The Labute approximate surface area is 211 Å². The summed E-state index contributed by atoms with van der Waals surface area (Å²) in [5.41, 5.74) is 0.218. The van der Waals surface area contributed by atoms with Gasteiger partial charge in [0.2, 0.25) is 0 Å². The molecule has 1 aromatic carbocycles. The number of amides is 3. The Bertz CT molecular complexity index is 1110. The minimum atomic E-state index is -1.07. The van der Waals surface area contributed by atoms with Crippen molar-refractivity contribution in [2.24, 2.45) is 0 Å². The van der Waals surface area contributed by atoms with Crippen molar-refractivity contribution in [3.8, 4) is 0 Å². The van der Waals surface area contributed by atoms with Crippen molar-refractivity contribution in [2.45, 2.75) is 12.5 Å². The Kier molecular flexibility index (Phi) is 8.00. The maximum Gasteiger partial charge on any atom is 0.320 e. The van der Waals surface area contributed by atoms with E-state index in [4.69, 9.17) is 4.74 Å². The van der Waals surface area contributed by atoms with E-state index in [2.05, 4.69) is 5.32 Å². The van der Waals surface area contributed by atoms with Crippen LogP contribution < -0.4 is 10.2 Å². The zero-order chi connectivity index (χ0) is 25.7. The second-order valence-electron chi connectivity index (χ2n) is 8.46. The maximum atomic E-state index is 12.9. The van der Waals surface area contributed by atoms with Crippen molar-refractivity contribution in [2.75, 3.05) is 57.4 Å². The predicted octanol–water partition coefficient (Wildman–Crippen LogP) is 2.18. The number of anilines is 1. The molecule has 1 aromatic heterocycles. The van der Waals surface area contributed by atoms with Crippen LogP contribution in [0.1, 0.15) is 27.7 Å². The molecule has 2 aliphatic rings. The molecule has 36 heavy (non-hydrogen) atoms. The van der Waals surface area contributed by atoms with Crippen LogP contribution in [0.5, 0.6) is 0 Å². The second-order valence-corrected chi connectivity index (χ2v) is 9.44. The Hall–Kier alpha value is -3.71. The minimum absolute atomic E-state index is 0.0545. The summed E-state index contributed by atoms with van der Waals surface area (Å²) in [5, 5.41) is 25.5.